The van der Waals surface area contributed by atoms with Crippen LogP contribution in [-0.4, -0.2) is 37.2 Å². The molecule has 0 saturated heterocycles. The third kappa shape index (κ3) is 46.9. The average Bonchev–Trinajstić information content (AvgIpc) is 3.24. The average molecular weight is 845 g/mol. The number of carbonyl (C=O) groups is 3. The SMILES string of the molecule is CCCCCC/C=C\CCCCCCCCCC(=O)OC[C@H](COC(=O)CCCCCCCCCCCCCC)OC(=O)CCCCCCCCC/C=C\CCCCCC. The number of hydrogen-bond donors (Lipinski definition) is 0. The molecule has 0 aliphatic heterocycles. The van der Waals surface area contributed by atoms with E-state index >= 15 is 0 Å². The first kappa shape index (κ1) is 57.9. The lowest BCUT2D eigenvalue weighted by Gasteiger charge is -2.18. The first-order chi connectivity index (χ1) is 29.5. The Kier molecular flexibility index (Phi) is 47.8. The molecule has 0 amide bonds. The predicted octanol–water partition coefficient (Wildman–Crippen LogP) is 17.2. The second kappa shape index (κ2) is 49.5. The first-order valence-electron chi connectivity index (χ1n) is 26.3. The fraction of sp³-hybridized carbons (Fsp3) is 0.870. The van der Waals surface area contributed by atoms with Crippen molar-refractivity contribution in [3.8, 4) is 0 Å². The summed E-state index contributed by atoms with van der Waals surface area (Å²) in [5, 5.41) is 0. The van der Waals surface area contributed by atoms with Crippen LogP contribution < -0.4 is 0 Å². The maximum atomic E-state index is 12.8. The summed E-state index contributed by atoms with van der Waals surface area (Å²) in [6.45, 7) is 6.63. The molecule has 60 heavy (non-hydrogen) atoms. The van der Waals surface area contributed by atoms with Gasteiger partial charge in [0.25, 0.3) is 0 Å². The van der Waals surface area contributed by atoms with Crippen molar-refractivity contribution in [1.29, 1.82) is 0 Å². The van der Waals surface area contributed by atoms with E-state index in [9.17, 15) is 14.4 Å². The molecule has 0 spiro atoms. The standard InChI is InChI=1S/C54H100O6/c1-4-7-10-13-16-19-22-25-27-29-32-35-38-41-44-47-53(56)59-50-51(49-58-52(55)46-43-40-37-34-31-24-21-18-15-12-9-6-3)60-54(57)48-45-42-39-36-33-30-28-26-23-20-17-14-11-8-5-2/h19-20,22-23,51H,4-18,21,24-50H2,1-3H3/b22-19-,23-20-/t51-/m0/s1. The zero-order valence-electron chi connectivity index (χ0n) is 40.2. The smallest absolute Gasteiger partial charge is 0.306 e. The van der Waals surface area contributed by atoms with Crippen LogP contribution in [0.25, 0.3) is 0 Å². The second-order valence-corrected chi connectivity index (χ2v) is 17.8. The molecule has 0 aromatic carbocycles. The number of unbranched alkanes of at least 4 members (excludes halogenated alkanes) is 33. The molecule has 0 aromatic rings. The Balaban J connectivity index is 4.35. The molecule has 0 radical (unpaired) electrons. The van der Waals surface area contributed by atoms with Gasteiger partial charge in [0.1, 0.15) is 13.2 Å². The molecule has 0 aliphatic rings. The van der Waals surface area contributed by atoms with Crippen molar-refractivity contribution in [2.24, 2.45) is 0 Å². The van der Waals surface area contributed by atoms with Gasteiger partial charge in [0.15, 0.2) is 6.10 Å². The van der Waals surface area contributed by atoms with Crippen molar-refractivity contribution in [3.63, 3.8) is 0 Å². The van der Waals surface area contributed by atoms with Gasteiger partial charge in [0.2, 0.25) is 0 Å². The summed E-state index contributed by atoms with van der Waals surface area (Å²) >= 11 is 0. The third-order valence-corrected chi connectivity index (χ3v) is 11.7. The number of esters is 3. The van der Waals surface area contributed by atoms with E-state index < -0.39 is 6.10 Å². The fourth-order valence-corrected chi connectivity index (χ4v) is 7.67. The molecule has 0 aromatic heterocycles. The highest BCUT2D eigenvalue weighted by molar-refractivity contribution is 5.71. The van der Waals surface area contributed by atoms with Gasteiger partial charge in [-0.05, 0) is 70.6 Å². The molecule has 0 aliphatic carbocycles. The van der Waals surface area contributed by atoms with Crippen molar-refractivity contribution < 1.29 is 28.6 Å². The highest BCUT2D eigenvalue weighted by Gasteiger charge is 2.19. The van der Waals surface area contributed by atoms with Crippen molar-refractivity contribution in [1.82, 2.24) is 0 Å². The van der Waals surface area contributed by atoms with E-state index in [-0.39, 0.29) is 31.1 Å². The van der Waals surface area contributed by atoms with E-state index in [0.717, 1.165) is 57.8 Å². The van der Waals surface area contributed by atoms with Crippen LogP contribution in [0.2, 0.25) is 0 Å². The maximum absolute atomic E-state index is 12.8. The topological polar surface area (TPSA) is 78.9 Å². The Morgan fingerprint density at radius 1 is 0.317 bits per heavy atom. The van der Waals surface area contributed by atoms with Crippen LogP contribution in [0.5, 0.6) is 0 Å². The van der Waals surface area contributed by atoms with Gasteiger partial charge >= 0.3 is 17.9 Å². The molecule has 0 unspecified atom stereocenters. The minimum atomic E-state index is -0.770. The third-order valence-electron chi connectivity index (χ3n) is 11.7. The van der Waals surface area contributed by atoms with E-state index in [1.807, 2.05) is 0 Å². The molecule has 1 atom stereocenters. The Bertz CT molecular complexity index is 973. The van der Waals surface area contributed by atoms with E-state index in [2.05, 4.69) is 45.1 Å². The predicted molar refractivity (Wildman–Crippen MR) is 256 cm³/mol. The van der Waals surface area contributed by atoms with Crippen molar-refractivity contribution >= 4 is 17.9 Å². The van der Waals surface area contributed by atoms with Crippen LogP contribution >= 0.6 is 0 Å². The largest absolute Gasteiger partial charge is 0.462 e. The number of hydrogen-bond acceptors (Lipinski definition) is 6. The number of carbonyl (C=O) groups excluding carboxylic acids is 3. The quantitative estimate of drug-likeness (QED) is 0.0263. The van der Waals surface area contributed by atoms with Crippen LogP contribution in [0.3, 0.4) is 0 Å². The lowest BCUT2D eigenvalue weighted by Crippen LogP contribution is -2.30. The van der Waals surface area contributed by atoms with Crippen LogP contribution in [0.4, 0.5) is 0 Å². The second-order valence-electron chi connectivity index (χ2n) is 17.8. The zero-order valence-corrected chi connectivity index (χ0v) is 40.2. The van der Waals surface area contributed by atoms with Crippen molar-refractivity contribution in [2.45, 2.75) is 290 Å². The molecule has 0 fully saturated rings. The van der Waals surface area contributed by atoms with Gasteiger partial charge in [-0.2, -0.15) is 0 Å². The van der Waals surface area contributed by atoms with Crippen molar-refractivity contribution in [3.05, 3.63) is 24.3 Å². The van der Waals surface area contributed by atoms with E-state index in [1.165, 1.54) is 186 Å². The summed E-state index contributed by atoms with van der Waals surface area (Å²) in [5.41, 5.74) is 0. The van der Waals surface area contributed by atoms with Gasteiger partial charge < -0.3 is 14.2 Å². The first-order valence-corrected chi connectivity index (χ1v) is 26.3. The summed E-state index contributed by atoms with van der Waals surface area (Å²) in [6.07, 6.45) is 55.8. The monoisotopic (exact) mass is 845 g/mol. The van der Waals surface area contributed by atoms with Crippen molar-refractivity contribution in [2.75, 3.05) is 13.2 Å². The highest BCUT2D eigenvalue weighted by atomic mass is 16.6. The Hall–Kier alpha value is -2.11. The zero-order chi connectivity index (χ0) is 43.7. The molecule has 0 rings (SSSR count). The molecule has 0 N–H and O–H groups in total. The molecule has 6 heteroatoms. The van der Waals surface area contributed by atoms with Gasteiger partial charge in [0.05, 0.1) is 0 Å². The number of allylic oxidation sites excluding steroid dienone is 4. The summed E-state index contributed by atoms with van der Waals surface area (Å²) in [5.74, 6) is -0.867. The number of rotatable bonds is 48. The molecule has 6 nitrogen and oxygen atoms in total. The molecular weight excluding hydrogens is 745 g/mol. The Morgan fingerprint density at radius 3 is 0.850 bits per heavy atom. The molecule has 0 bridgehead atoms. The molecule has 0 heterocycles. The highest BCUT2D eigenvalue weighted by Crippen LogP contribution is 2.15. The normalized spacial score (nSPS) is 12.1. The summed E-state index contributed by atoms with van der Waals surface area (Å²) in [7, 11) is 0. The van der Waals surface area contributed by atoms with Gasteiger partial charge in [-0.1, -0.05) is 218 Å². The molecule has 352 valence electrons. The molecule has 0 saturated carbocycles. The van der Waals surface area contributed by atoms with Crippen LogP contribution in [-0.2, 0) is 28.6 Å². The van der Waals surface area contributed by atoms with Crippen LogP contribution in [0, 0.1) is 0 Å². The minimum Gasteiger partial charge on any atom is -0.462 e. The Morgan fingerprint density at radius 2 is 0.550 bits per heavy atom. The molecular formula is C54H100O6. The van der Waals surface area contributed by atoms with Gasteiger partial charge in [-0.15, -0.1) is 0 Å². The van der Waals surface area contributed by atoms with Gasteiger partial charge in [-0.3, -0.25) is 14.4 Å². The number of ether oxygens (including phenoxy) is 3. The van der Waals surface area contributed by atoms with Crippen LogP contribution in [0.1, 0.15) is 284 Å². The lowest BCUT2D eigenvalue weighted by molar-refractivity contribution is -0.167. The van der Waals surface area contributed by atoms with Gasteiger partial charge in [-0.25, -0.2) is 0 Å². The minimum absolute atomic E-state index is 0.0705. The van der Waals surface area contributed by atoms with Crippen LogP contribution in [0.15, 0.2) is 24.3 Å². The Labute approximate surface area is 373 Å². The van der Waals surface area contributed by atoms with Gasteiger partial charge in [0, 0.05) is 19.3 Å². The fourth-order valence-electron chi connectivity index (χ4n) is 7.67. The maximum Gasteiger partial charge on any atom is 0.306 e. The van der Waals surface area contributed by atoms with E-state index in [0.29, 0.717) is 19.3 Å². The lowest BCUT2D eigenvalue weighted by atomic mass is 10.0. The summed E-state index contributed by atoms with van der Waals surface area (Å²) < 4.78 is 16.8. The summed E-state index contributed by atoms with van der Waals surface area (Å²) in [4.78, 5) is 38.0. The van der Waals surface area contributed by atoms with E-state index in [4.69, 9.17) is 14.2 Å². The summed E-state index contributed by atoms with van der Waals surface area (Å²) in [6, 6.07) is 0. The van der Waals surface area contributed by atoms with E-state index in [1.54, 1.807) is 0 Å².